The molecule has 2 saturated carbocycles. The van der Waals surface area contributed by atoms with Gasteiger partial charge in [0.2, 0.25) is 0 Å². The molecule has 0 saturated heterocycles. The molecule has 0 atom stereocenters. The lowest BCUT2D eigenvalue weighted by molar-refractivity contribution is 0.563. The third kappa shape index (κ3) is 2.89. The molecule has 0 spiro atoms. The molecule has 3 rings (SSSR count). The molecular weight excluding hydrogens is 246 g/mol. The molecule has 0 aromatic heterocycles. The number of benzene rings is 1. The van der Waals surface area contributed by atoms with Crippen molar-refractivity contribution in [3.63, 3.8) is 0 Å². The molecule has 0 unspecified atom stereocenters. The molecule has 0 amide bonds. The summed E-state index contributed by atoms with van der Waals surface area (Å²) >= 11 is 0. The van der Waals surface area contributed by atoms with Crippen LogP contribution in [0.25, 0.3) is 0 Å². The maximum atomic E-state index is 14.2. The van der Waals surface area contributed by atoms with Crippen LogP contribution < -0.4 is 10.2 Å². The Morgan fingerprint density at radius 2 is 1.79 bits per heavy atom. The third-order valence-corrected chi connectivity index (χ3v) is 3.86. The van der Waals surface area contributed by atoms with E-state index in [0.29, 0.717) is 30.7 Å². The van der Waals surface area contributed by atoms with E-state index < -0.39 is 11.6 Å². The minimum atomic E-state index is -0.429. The molecular formula is C15H20F2N2. The fourth-order valence-electron chi connectivity index (χ4n) is 2.53. The molecule has 1 N–H and O–H groups in total. The number of nitrogens with zero attached hydrogens (tertiary/aromatic N) is 1. The van der Waals surface area contributed by atoms with Gasteiger partial charge in [0.15, 0.2) is 0 Å². The van der Waals surface area contributed by atoms with Crippen molar-refractivity contribution in [3.8, 4) is 0 Å². The summed E-state index contributed by atoms with van der Waals surface area (Å²) in [5.74, 6) is -0.859. The van der Waals surface area contributed by atoms with Crippen LogP contribution in [0.4, 0.5) is 14.5 Å². The molecule has 1 aromatic rings. The van der Waals surface area contributed by atoms with Gasteiger partial charge in [-0.2, -0.15) is 0 Å². The second kappa shape index (κ2) is 5.08. The van der Waals surface area contributed by atoms with E-state index in [-0.39, 0.29) is 5.69 Å². The Morgan fingerprint density at radius 3 is 2.26 bits per heavy atom. The highest BCUT2D eigenvalue weighted by molar-refractivity contribution is 5.52. The maximum Gasteiger partial charge on any atom is 0.149 e. The predicted octanol–water partition coefficient (Wildman–Crippen LogP) is 3.21. The van der Waals surface area contributed by atoms with Crippen LogP contribution in [0.2, 0.25) is 0 Å². The van der Waals surface area contributed by atoms with E-state index in [9.17, 15) is 8.78 Å². The third-order valence-electron chi connectivity index (χ3n) is 3.86. The summed E-state index contributed by atoms with van der Waals surface area (Å²) in [4.78, 5) is 1.85. The van der Waals surface area contributed by atoms with Crippen LogP contribution >= 0.6 is 0 Å². The standard InChI is InChI=1S/C15H20F2N2/c1-2-19(12-5-6-12)15-13(16)7-10(8-14(15)17)9-18-11-3-4-11/h7-8,11-12,18H,2-6,9H2,1H3. The number of nitrogens with one attached hydrogen (secondary N) is 1. The predicted molar refractivity (Wildman–Crippen MR) is 72.3 cm³/mol. The molecule has 4 heteroatoms. The van der Waals surface area contributed by atoms with Crippen LogP contribution in [0.3, 0.4) is 0 Å². The summed E-state index contributed by atoms with van der Waals surface area (Å²) in [5, 5.41) is 3.28. The van der Waals surface area contributed by atoms with Gasteiger partial charge in [-0.1, -0.05) is 0 Å². The molecule has 2 aliphatic rings. The number of rotatable bonds is 6. The smallest absolute Gasteiger partial charge is 0.149 e. The van der Waals surface area contributed by atoms with Crippen LogP contribution in [-0.4, -0.2) is 18.6 Å². The lowest BCUT2D eigenvalue weighted by Gasteiger charge is -2.24. The summed E-state index contributed by atoms with van der Waals surface area (Å²) in [6.45, 7) is 3.15. The zero-order chi connectivity index (χ0) is 13.4. The number of hydrogen-bond acceptors (Lipinski definition) is 2. The molecule has 19 heavy (non-hydrogen) atoms. The van der Waals surface area contributed by atoms with E-state index in [1.54, 1.807) is 0 Å². The lowest BCUT2D eigenvalue weighted by Crippen LogP contribution is -2.27. The van der Waals surface area contributed by atoms with Gasteiger partial charge in [-0.25, -0.2) is 8.78 Å². The van der Waals surface area contributed by atoms with Crippen LogP contribution in [0.15, 0.2) is 12.1 Å². The van der Waals surface area contributed by atoms with Gasteiger partial charge < -0.3 is 10.2 Å². The van der Waals surface area contributed by atoms with Crippen LogP contribution in [0.1, 0.15) is 38.2 Å². The van der Waals surface area contributed by atoms with Crippen molar-refractivity contribution in [3.05, 3.63) is 29.3 Å². The van der Waals surface area contributed by atoms with Crippen LogP contribution in [0, 0.1) is 11.6 Å². The number of anilines is 1. The molecule has 1 aromatic carbocycles. The van der Waals surface area contributed by atoms with Crippen molar-refractivity contribution in [1.29, 1.82) is 0 Å². The van der Waals surface area contributed by atoms with E-state index >= 15 is 0 Å². The van der Waals surface area contributed by atoms with Crippen LogP contribution in [-0.2, 0) is 6.54 Å². The highest BCUT2D eigenvalue weighted by Crippen LogP contribution is 2.35. The van der Waals surface area contributed by atoms with Crippen molar-refractivity contribution in [1.82, 2.24) is 5.32 Å². The fraction of sp³-hybridized carbons (Fsp3) is 0.600. The highest BCUT2D eigenvalue weighted by Gasteiger charge is 2.31. The van der Waals surface area contributed by atoms with Gasteiger partial charge >= 0.3 is 0 Å². The summed E-state index contributed by atoms with van der Waals surface area (Å²) in [6.07, 6.45) is 4.43. The van der Waals surface area contributed by atoms with Crippen molar-refractivity contribution in [2.75, 3.05) is 11.4 Å². The first-order valence-electron chi connectivity index (χ1n) is 7.17. The molecule has 2 aliphatic carbocycles. The number of halogens is 2. The average Bonchev–Trinajstić information content (AvgIpc) is 3.25. The van der Waals surface area contributed by atoms with E-state index in [1.807, 2.05) is 11.8 Å². The Balaban J connectivity index is 1.79. The Kier molecular flexibility index (Phi) is 3.44. The highest BCUT2D eigenvalue weighted by atomic mass is 19.1. The second-order valence-electron chi connectivity index (χ2n) is 5.58. The largest absolute Gasteiger partial charge is 0.364 e. The minimum absolute atomic E-state index is 0.153. The van der Waals surface area contributed by atoms with Crippen molar-refractivity contribution >= 4 is 5.69 Å². The zero-order valence-corrected chi connectivity index (χ0v) is 11.3. The fourth-order valence-corrected chi connectivity index (χ4v) is 2.53. The monoisotopic (exact) mass is 266 g/mol. The first kappa shape index (κ1) is 12.9. The average molecular weight is 266 g/mol. The quantitative estimate of drug-likeness (QED) is 0.850. The molecule has 0 bridgehead atoms. The van der Waals surface area contributed by atoms with Gasteiger partial charge in [-0.15, -0.1) is 0 Å². The molecule has 104 valence electrons. The molecule has 0 aliphatic heterocycles. The van der Waals surface area contributed by atoms with E-state index in [1.165, 1.54) is 25.0 Å². The Bertz CT molecular complexity index is 444. The topological polar surface area (TPSA) is 15.3 Å². The summed E-state index contributed by atoms with van der Waals surface area (Å²) < 4.78 is 28.3. The zero-order valence-electron chi connectivity index (χ0n) is 11.3. The van der Waals surface area contributed by atoms with E-state index in [4.69, 9.17) is 0 Å². The molecule has 0 radical (unpaired) electrons. The summed E-state index contributed by atoms with van der Waals surface area (Å²) in [5.41, 5.74) is 0.845. The minimum Gasteiger partial charge on any atom is -0.364 e. The van der Waals surface area contributed by atoms with Crippen molar-refractivity contribution < 1.29 is 8.78 Å². The Hall–Kier alpha value is -1.16. The van der Waals surface area contributed by atoms with Gasteiger partial charge in [-0.05, 0) is 50.3 Å². The molecule has 0 heterocycles. The van der Waals surface area contributed by atoms with E-state index in [2.05, 4.69) is 5.32 Å². The van der Waals surface area contributed by atoms with Gasteiger partial charge in [0.1, 0.15) is 17.3 Å². The van der Waals surface area contributed by atoms with E-state index in [0.717, 1.165) is 12.8 Å². The molecule has 2 nitrogen and oxygen atoms in total. The SMILES string of the molecule is CCN(c1c(F)cc(CNC2CC2)cc1F)C1CC1. The van der Waals surface area contributed by atoms with Crippen molar-refractivity contribution in [2.24, 2.45) is 0 Å². The second-order valence-corrected chi connectivity index (χ2v) is 5.58. The first-order valence-corrected chi connectivity index (χ1v) is 7.17. The van der Waals surface area contributed by atoms with Gasteiger partial charge in [-0.3, -0.25) is 0 Å². The van der Waals surface area contributed by atoms with Crippen LogP contribution in [0.5, 0.6) is 0 Å². The van der Waals surface area contributed by atoms with Gasteiger partial charge in [0.25, 0.3) is 0 Å². The number of hydrogen-bond donors (Lipinski definition) is 1. The lowest BCUT2D eigenvalue weighted by atomic mass is 10.1. The maximum absolute atomic E-state index is 14.2. The van der Waals surface area contributed by atoms with Crippen molar-refractivity contribution in [2.45, 2.75) is 51.2 Å². The normalized spacial score (nSPS) is 18.7. The molecule has 2 fully saturated rings. The summed E-state index contributed by atoms with van der Waals surface area (Å²) in [7, 11) is 0. The first-order chi connectivity index (χ1) is 9.19. The Labute approximate surface area is 112 Å². The van der Waals surface area contributed by atoms with Gasteiger partial charge in [0, 0.05) is 25.2 Å². The summed E-state index contributed by atoms with van der Waals surface area (Å²) in [6, 6.07) is 3.81. The Morgan fingerprint density at radius 1 is 1.16 bits per heavy atom. The van der Waals surface area contributed by atoms with Gasteiger partial charge in [0.05, 0.1) is 0 Å².